The summed E-state index contributed by atoms with van der Waals surface area (Å²) < 4.78 is 0. The Kier molecular flexibility index (Phi) is 2.69. The van der Waals surface area contributed by atoms with Crippen LogP contribution in [0.2, 0.25) is 0 Å². The lowest BCUT2D eigenvalue weighted by atomic mass is 9.71. The van der Waals surface area contributed by atoms with E-state index >= 15 is 0 Å². The normalized spacial score (nSPS) is 21.2. The lowest BCUT2D eigenvalue weighted by molar-refractivity contribution is -0.127. The molecule has 0 aromatic carbocycles. The zero-order valence-corrected chi connectivity index (χ0v) is 7.05. The summed E-state index contributed by atoms with van der Waals surface area (Å²) in [6.07, 6.45) is 6.05. The highest BCUT2D eigenvalue weighted by atomic mass is 16.1. The smallest absolute Gasteiger partial charge is 0.225 e. The van der Waals surface area contributed by atoms with Gasteiger partial charge in [-0.25, -0.2) is 0 Å². The molecule has 0 atom stereocenters. The van der Waals surface area contributed by atoms with Gasteiger partial charge in [-0.05, 0) is 12.8 Å². The maximum absolute atomic E-state index is 11.1. The molecule has 1 rings (SSSR count). The molecule has 65 valence electrons. The first-order valence-corrected chi connectivity index (χ1v) is 4.25. The Balaban J connectivity index is 2.71. The summed E-state index contributed by atoms with van der Waals surface area (Å²) in [5.41, 5.74) is 4.65. The summed E-state index contributed by atoms with van der Waals surface area (Å²) >= 11 is 0. The molecule has 1 aliphatic carbocycles. The largest absolute Gasteiger partial charge is 0.369 e. The third kappa shape index (κ3) is 1.58. The summed E-state index contributed by atoms with van der Waals surface area (Å²) in [6, 6.07) is 1.93. The average Bonchev–Trinajstić information content (AvgIpc) is 2.06. The number of nitrogens with zero attached hydrogens (tertiary/aromatic N) is 1. The lowest BCUT2D eigenvalue weighted by Gasteiger charge is -2.31. The minimum Gasteiger partial charge on any atom is -0.369 e. The molecule has 2 N–H and O–H groups in total. The van der Waals surface area contributed by atoms with Crippen LogP contribution in [0.4, 0.5) is 0 Å². The van der Waals surface area contributed by atoms with Gasteiger partial charge >= 0.3 is 0 Å². The van der Waals surface area contributed by atoms with Crippen LogP contribution in [-0.2, 0) is 4.79 Å². The number of nitriles is 1. The van der Waals surface area contributed by atoms with Crippen LogP contribution < -0.4 is 5.73 Å². The number of hydrogen-bond acceptors (Lipinski definition) is 2. The van der Waals surface area contributed by atoms with E-state index in [9.17, 15) is 4.79 Å². The first-order valence-electron chi connectivity index (χ1n) is 4.25. The predicted octanol–water partition coefficient (Wildman–Crippen LogP) is 1.15. The fourth-order valence-electron chi connectivity index (χ4n) is 1.77. The van der Waals surface area contributed by atoms with Crippen LogP contribution in [0.15, 0.2) is 0 Å². The number of carbonyl (C=O) groups excluding carboxylic acids is 1. The van der Waals surface area contributed by atoms with Crippen molar-refractivity contribution in [2.45, 2.75) is 32.1 Å². The number of nitrogens with two attached hydrogens (primary N) is 1. The van der Waals surface area contributed by atoms with Crippen molar-refractivity contribution in [3.05, 3.63) is 6.42 Å². The average molecular weight is 165 g/mol. The Morgan fingerprint density at radius 2 is 2.00 bits per heavy atom. The van der Waals surface area contributed by atoms with Crippen molar-refractivity contribution in [1.82, 2.24) is 0 Å². The molecule has 0 aromatic rings. The zero-order chi connectivity index (χ0) is 9.03. The quantitative estimate of drug-likeness (QED) is 0.667. The second-order valence-corrected chi connectivity index (χ2v) is 3.35. The molecule has 0 bridgehead atoms. The van der Waals surface area contributed by atoms with E-state index in [4.69, 9.17) is 11.0 Å². The first kappa shape index (κ1) is 9.05. The molecule has 12 heavy (non-hydrogen) atoms. The standard InChI is InChI=1S/C9H13N2O/c10-7-6-9(8(11)12)4-2-1-3-5-9/h6H,1-5H2,(H2,11,12). The molecule has 3 nitrogen and oxygen atoms in total. The minimum atomic E-state index is -0.618. The van der Waals surface area contributed by atoms with E-state index in [0.29, 0.717) is 0 Å². The van der Waals surface area contributed by atoms with E-state index in [-0.39, 0.29) is 5.91 Å². The van der Waals surface area contributed by atoms with Crippen LogP contribution >= 0.6 is 0 Å². The summed E-state index contributed by atoms with van der Waals surface area (Å²) in [4.78, 5) is 11.1. The molecule has 0 saturated heterocycles. The van der Waals surface area contributed by atoms with E-state index < -0.39 is 5.41 Å². The number of amides is 1. The molecule has 3 heteroatoms. The molecular formula is C9H13N2O. The predicted molar refractivity (Wildman–Crippen MR) is 44.6 cm³/mol. The van der Waals surface area contributed by atoms with Gasteiger partial charge in [0.25, 0.3) is 0 Å². The van der Waals surface area contributed by atoms with Gasteiger partial charge in [0.15, 0.2) is 0 Å². The lowest BCUT2D eigenvalue weighted by Crippen LogP contribution is -2.38. The van der Waals surface area contributed by atoms with Crippen LogP contribution in [0.1, 0.15) is 32.1 Å². The van der Waals surface area contributed by atoms with E-state index in [0.717, 1.165) is 32.1 Å². The zero-order valence-electron chi connectivity index (χ0n) is 7.05. The van der Waals surface area contributed by atoms with E-state index in [2.05, 4.69) is 0 Å². The molecule has 1 amide bonds. The van der Waals surface area contributed by atoms with Crippen molar-refractivity contribution < 1.29 is 4.79 Å². The highest BCUT2D eigenvalue weighted by molar-refractivity contribution is 5.83. The van der Waals surface area contributed by atoms with Gasteiger partial charge in [-0.3, -0.25) is 4.79 Å². The molecule has 1 radical (unpaired) electrons. The van der Waals surface area contributed by atoms with Crippen molar-refractivity contribution in [3.8, 4) is 6.07 Å². The third-order valence-electron chi connectivity index (χ3n) is 2.58. The molecular weight excluding hydrogens is 152 g/mol. The Morgan fingerprint density at radius 1 is 1.42 bits per heavy atom. The van der Waals surface area contributed by atoms with Gasteiger partial charge in [0.05, 0.1) is 17.9 Å². The molecule has 0 aromatic heterocycles. The fourth-order valence-corrected chi connectivity index (χ4v) is 1.77. The molecule has 0 heterocycles. The van der Waals surface area contributed by atoms with Gasteiger partial charge in [0, 0.05) is 0 Å². The summed E-state index contributed by atoms with van der Waals surface area (Å²) in [5, 5.41) is 8.52. The summed E-state index contributed by atoms with van der Waals surface area (Å²) in [7, 11) is 0. The van der Waals surface area contributed by atoms with Gasteiger partial charge in [0.2, 0.25) is 5.91 Å². The van der Waals surface area contributed by atoms with Gasteiger partial charge in [0.1, 0.15) is 0 Å². The van der Waals surface area contributed by atoms with Gasteiger partial charge in [-0.2, -0.15) is 5.26 Å². The second kappa shape index (κ2) is 3.57. The summed E-state index contributed by atoms with van der Waals surface area (Å²) in [6.45, 7) is 0. The highest BCUT2D eigenvalue weighted by Crippen LogP contribution is 2.37. The fraction of sp³-hybridized carbons (Fsp3) is 0.667. The molecule has 1 fully saturated rings. The van der Waals surface area contributed by atoms with Crippen molar-refractivity contribution >= 4 is 5.91 Å². The Hall–Kier alpha value is -1.04. The van der Waals surface area contributed by atoms with Gasteiger partial charge in [-0.15, -0.1) is 0 Å². The molecule has 1 aliphatic rings. The maximum Gasteiger partial charge on any atom is 0.225 e. The Labute approximate surface area is 72.5 Å². The van der Waals surface area contributed by atoms with Crippen LogP contribution in [-0.4, -0.2) is 5.91 Å². The minimum absolute atomic E-state index is 0.344. The number of carbonyl (C=O) groups is 1. The number of primary amides is 1. The number of rotatable bonds is 2. The van der Waals surface area contributed by atoms with Crippen LogP contribution in [0.25, 0.3) is 0 Å². The Bertz CT molecular complexity index is 211. The van der Waals surface area contributed by atoms with Gasteiger partial charge < -0.3 is 5.73 Å². The first-order chi connectivity index (χ1) is 5.71. The topological polar surface area (TPSA) is 66.9 Å². The van der Waals surface area contributed by atoms with Crippen molar-refractivity contribution in [2.75, 3.05) is 0 Å². The second-order valence-electron chi connectivity index (χ2n) is 3.35. The molecule has 0 unspecified atom stereocenters. The molecule has 1 saturated carbocycles. The summed E-state index contributed by atoms with van der Waals surface area (Å²) in [5.74, 6) is -0.344. The van der Waals surface area contributed by atoms with Gasteiger partial charge in [-0.1, -0.05) is 19.3 Å². The third-order valence-corrected chi connectivity index (χ3v) is 2.58. The number of hydrogen-bond donors (Lipinski definition) is 1. The maximum atomic E-state index is 11.1. The van der Waals surface area contributed by atoms with Crippen LogP contribution in [0.3, 0.4) is 0 Å². The van der Waals surface area contributed by atoms with Crippen molar-refractivity contribution in [3.63, 3.8) is 0 Å². The Morgan fingerprint density at radius 3 is 2.42 bits per heavy atom. The van der Waals surface area contributed by atoms with Crippen LogP contribution in [0.5, 0.6) is 0 Å². The SMILES string of the molecule is N#C[CH]C1(C(N)=O)CCCCC1. The van der Waals surface area contributed by atoms with E-state index in [1.54, 1.807) is 0 Å². The molecule has 0 aliphatic heterocycles. The van der Waals surface area contributed by atoms with E-state index in [1.807, 2.05) is 6.07 Å². The monoisotopic (exact) mass is 165 g/mol. The molecule has 0 spiro atoms. The highest BCUT2D eigenvalue weighted by Gasteiger charge is 2.37. The van der Waals surface area contributed by atoms with Crippen LogP contribution in [0, 0.1) is 23.2 Å². The van der Waals surface area contributed by atoms with Crippen molar-refractivity contribution in [1.29, 1.82) is 5.26 Å². The van der Waals surface area contributed by atoms with E-state index in [1.165, 1.54) is 6.42 Å². The van der Waals surface area contributed by atoms with Crippen molar-refractivity contribution in [2.24, 2.45) is 11.1 Å².